The van der Waals surface area contributed by atoms with E-state index in [-0.39, 0.29) is 0 Å². The number of aromatic nitrogens is 1. The number of anilines is 2. The minimum absolute atomic E-state index is 0.571. The first-order valence-electron chi connectivity index (χ1n) is 5.65. The van der Waals surface area contributed by atoms with Gasteiger partial charge in [-0.25, -0.2) is 4.98 Å². The highest BCUT2D eigenvalue weighted by Crippen LogP contribution is 2.08. The molecule has 15 heavy (non-hydrogen) atoms. The molecule has 0 unspecified atom stereocenters. The molecule has 1 heterocycles. The van der Waals surface area contributed by atoms with Gasteiger partial charge < -0.3 is 11.1 Å². The first-order valence-corrected chi connectivity index (χ1v) is 5.65. The van der Waals surface area contributed by atoms with Crippen LogP contribution in [0, 0.1) is 5.92 Å². The van der Waals surface area contributed by atoms with E-state index in [1.54, 1.807) is 6.07 Å². The van der Waals surface area contributed by atoms with Crippen LogP contribution in [0.1, 0.15) is 33.1 Å². The van der Waals surface area contributed by atoms with E-state index in [0.29, 0.717) is 5.82 Å². The molecule has 1 aromatic heterocycles. The second-order valence-electron chi connectivity index (χ2n) is 4.26. The molecule has 1 rings (SSSR count). The van der Waals surface area contributed by atoms with E-state index in [9.17, 15) is 0 Å². The van der Waals surface area contributed by atoms with Crippen molar-refractivity contribution in [3.05, 3.63) is 18.2 Å². The number of unbranched alkanes of at least 4 members (excludes halogenated alkanes) is 1. The molecule has 0 atom stereocenters. The normalized spacial score (nSPS) is 10.6. The highest BCUT2D eigenvalue weighted by molar-refractivity contribution is 5.41. The SMILES string of the molecule is CC(C)CCCCNc1cccc(N)n1. The molecule has 1 aromatic rings. The van der Waals surface area contributed by atoms with Crippen LogP contribution in [-0.4, -0.2) is 11.5 Å². The highest BCUT2D eigenvalue weighted by atomic mass is 15.0. The Morgan fingerprint density at radius 2 is 2.13 bits per heavy atom. The van der Waals surface area contributed by atoms with Gasteiger partial charge in [0.2, 0.25) is 0 Å². The van der Waals surface area contributed by atoms with Gasteiger partial charge in [0.05, 0.1) is 0 Å². The van der Waals surface area contributed by atoms with Crippen molar-refractivity contribution in [1.29, 1.82) is 0 Å². The molecule has 0 saturated heterocycles. The number of nitrogens with zero attached hydrogens (tertiary/aromatic N) is 1. The number of rotatable bonds is 6. The molecule has 0 aliphatic carbocycles. The van der Waals surface area contributed by atoms with E-state index < -0.39 is 0 Å². The van der Waals surface area contributed by atoms with E-state index >= 15 is 0 Å². The van der Waals surface area contributed by atoms with Crippen LogP contribution >= 0.6 is 0 Å². The summed E-state index contributed by atoms with van der Waals surface area (Å²) in [6.45, 7) is 5.49. The maximum absolute atomic E-state index is 5.58. The van der Waals surface area contributed by atoms with Crippen LogP contribution in [0.3, 0.4) is 0 Å². The second-order valence-corrected chi connectivity index (χ2v) is 4.26. The minimum atomic E-state index is 0.571. The maximum Gasteiger partial charge on any atom is 0.128 e. The molecule has 0 radical (unpaired) electrons. The van der Waals surface area contributed by atoms with Crippen molar-refractivity contribution < 1.29 is 0 Å². The molecule has 0 bridgehead atoms. The molecule has 0 aromatic carbocycles. The molecular weight excluding hydrogens is 186 g/mol. The van der Waals surface area contributed by atoms with Crippen LogP contribution in [0.5, 0.6) is 0 Å². The Kier molecular flexibility index (Phi) is 4.95. The summed E-state index contributed by atoms with van der Waals surface area (Å²) in [5, 5.41) is 3.27. The van der Waals surface area contributed by atoms with E-state index in [1.165, 1.54) is 19.3 Å². The quantitative estimate of drug-likeness (QED) is 0.705. The number of hydrogen-bond acceptors (Lipinski definition) is 3. The van der Waals surface area contributed by atoms with Crippen LogP contribution in [0.15, 0.2) is 18.2 Å². The summed E-state index contributed by atoms with van der Waals surface area (Å²) in [5.41, 5.74) is 5.58. The maximum atomic E-state index is 5.58. The third-order valence-electron chi connectivity index (χ3n) is 2.29. The van der Waals surface area contributed by atoms with Crippen molar-refractivity contribution in [3.8, 4) is 0 Å². The standard InChI is InChI=1S/C12H21N3/c1-10(2)6-3-4-9-14-12-8-5-7-11(13)15-12/h5,7-8,10H,3-4,6,9H2,1-2H3,(H3,13,14,15). The van der Waals surface area contributed by atoms with Gasteiger partial charge in [0, 0.05) is 6.54 Å². The molecule has 0 spiro atoms. The first kappa shape index (κ1) is 11.8. The van der Waals surface area contributed by atoms with Crippen LogP contribution in [0.2, 0.25) is 0 Å². The highest BCUT2D eigenvalue weighted by Gasteiger charge is 1.95. The third-order valence-corrected chi connectivity index (χ3v) is 2.29. The van der Waals surface area contributed by atoms with Crippen molar-refractivity contribution in [2.24, 2.45) is 5.92 Å². The number of pyridine rings is 1. The lowest BCUT2D eigenvalue weighted by atomic mass is 10.1. The lowest BCUT2D eigenvalue weighted by Crippen LogP contribution is -2.04. The van der Waals surface area contributed by atoms with Crippen molar-refractivity contribution >= 4 is 11.6 Å². The van der Waals surface area contributed by atoms with Gasteiger partial charge in [0.25, 0.3) is 0 Å². The number of nitrogens with two attached hydrogens (primary N) is 1. The van der Waals surface area contributed by atoms with Crippen molar-refractivity contribution in [1.82, 2.24) is 4.98 Å². The zero-order chi connectivity index (χ0) is 11.1. The van der Waals surface area contributed by atoms with Gasteiger partial charge in [-0.2, -0.15) is 0 Å². The van der Waals surface area contributed by atoms with Crippen LogP contribution in [0.25, 0.3) is 0 Å². The Morgan fingerprint density at radius 1 is 1.33 bits per heavy atom. The number of nitrogens with one attached hydrogen (secondary N) is 1. The van der Waals surface area contributed by atoms with E-state index in [1.807, 2.05) is 12.1 Å². The van der Waals surface area contributed by atoms with Gasteiger partial charge in [-0.1, -0.05) is 32.8 Å². The van der Waals surface area contributed by atoms with Crippen LogP contribution < -0.4 is 11.1 Å². The van der Waals surface area contributed by atoms with Gasteiger partial charge in [0.1, 0.15) is 11.6 Å². The Labute approximate surface area is 92.1 Å². The lowest BCUT2D eigenvalue weighted by Gasteiger charge is -2.07. The zero-order valence-electron chi connectivity index (χ0n) is 9.66. The van der Waals surface area contributed by atoms with Crippen LogP contribution in [0.4, 0.5) is 11.6 Å². The average Bonchev–Trinajstić information content (AvgIpc) is 2.17. The van der Waals surface area contributed by atoms with Crippen molar-refractivity contribution in [2.75, 3.05) is 17.6 Å². The second kappa shape index (κ2) is 6.27. The van der Waals surface area contributed by atoms with Gasteiger partial charge in [0.15, 0.2) is 0 Å². The molecule has 0 aliphatic heterocycles. The molecule has 3 heteroatoms. The van der Waals surface area contributed by atoms with Crippen molar-refractivity contribution in [2.45, 2.75) is 33.1 Å². The topological polar surface area (TPSA) is 50.9 Å². The fraction of sp³-hybridized carbons (Fsp3) is 0.583. The largest absolute Gasteiger partial charge is 0.384 e. The summed E-state index contributed by atoms with van der Waals surface area (Å²) >= 11 is 0. The molecule has 0 amide bonds. The van der Waals surface area contributed by atoms with E-state index in [0.717, 1.165) is 18.3 Å². The van der Waals surface area contributed by atoms with Gasteiger partial charge in [-0.05, 0) is 24.5 Å². The smallest absolute Gasteiger partial charge is 0.128 e. The minimum Gasteiger partial charge on any atom is -0.384 e. The van der Waals surface area contributed by atoms with Gasteiger partial charge in [-0.15, -0.1) is 0 Å². The monoisotopic (exact) mass is 207 g/mol. The molecule has 3 nitrogen and oxygen atoms in total. The number of nitrogen functional groups attached to an aromatic ring is 1. The summed E-state index contributed by atoms with van der Waals surface area (Å²) in [4.78, 5) is 4.17. The Hall–Kier alpha value is -1.25. The Balaban J connectivity index is 2.15. The summed E-state index contributed by atoms with van der Waals surface area (Å²) in [6.07, 6.45) is 3.76. The van der Waals surface area contributed by atoms with Gasteiger partial charge in [-0.3, -0.25) is 0 Å². The third kappa shape index (κ3) is 5.25. The fourth-order valence-electron chi connectivity index (χ4n) is 1.44. The predicted molar refractivity (Wildman–Crippen MR) is 65.8 cm³/mol. The van der Waals surface area contributed by atoms with E-state index in [2.05, 4.69) is 24.1 Å². The Morgan fingerprint density at radius 3 is 2.80 bits per heavy atom. The molecule has 3 N–H and O–H groups in total. The predicted octanol–water partition coefficient (Wildman–Crippen LogP) is 2.90. The Bertz CT molecular complexity index is 284. The average molecular weight is 207 g/mol. The van der Waals surface area contributed by atoms with Crippen LogP contribution in [-0.2, 0) is 0 Å². The summed E-state index contributed by atoms with van der Waals surface area (Å²) in [6, 6.07) is 5.65. The first-order chi connectivity index (χ1) is 7.18. The molecule has 0 fully saturated rings. The number of hydrogen-bond donors (Lipinski definition) is 2. The summed E-state index contributed by atoms with van der Waals surface area (Å²) in [5.74, 6) is 2.25. The van der Waals surface area contributed by atoms with Crippen molar-refractivity contribution in [3.63, 3.8) is 0 Å². The fourth-order valence-corrected chi connectivity index (χ4v) is 1.44. The lowest BCUT2D eigenvalue weighted by molar-refractivity contribution is 0.544. The zero-order valence-corrected chi connectivity index (χ0v) is 9.66. The molecule has 0 aliphatic rings. The van der Waals surface area contributed by atoms with Gasteiger partial charge >= 0.3 is 0 Å². The van der Waals surface area contributed by atoms with E-state index in [4.69, 9.17) is 5.73 Å². The molecular formula is C12H21N3. The summed E-state index contributed by atoms with van der Waals surface area (Å²) < 4.78 is 0. The molecule has 0 saturated carbocycles. The summed E-state index contributed by atoms with van der Waals surface area (Å²) in [7, 11) is 0. The molecule has 84 valence electrons.